The van der Waals surface area contributed by atoms with Crippen molar-refractivity contribution in [3.63, 3.8) is 0 Å². The van der Waals surface area contributed by atoms with Crippen molar-refractivity contribution in [1.82, 2.24) is 0 Å². The number of allylic oxidation sites excluding steroid dienone is 6. The first-order valence-electron chi connectivity index (χ1n) is 26.5. The standard InChI is InChI=1S/C55H100O6/c1-4-7-10-13-16-19-22-25-27-28-29-31-33-36-39-42-45-48-54(57)60-51-52(50-59-53(56)47-44-41-38-35-32-24-21-18-15-12-9-6-3)61-55(58)49-46-43-40-37-34-30-26-23-20-17-14-11-8-5-2/h16,18-19,21,25,27,52H,4-15,17,20,22-24,26,28-51H2,1-3H3/b19-16-,21-18-,27-25-/t52-/m1/s1. The van der Waals surface area contributed by atoms with E-state index >= 15 is 0 Å². The van der Waals surface area contributed by atoms with E-state index < -0.39 is 6.10 Å². The highest BCUT2D eigenvalue weighted by Gasteiger charge is 2.19. The van der Waals surface area contributed by atoms with E-state index in [9.17, 15) is 14.4 Å². The van der Waals surface area contributed by atoms with Crippen LogP contribution in [-0.4, -0.2) is 37.2 Å². The van der Waals surface area contributed by atoms with Crippen molar-refractivity contribution in [2.75, 3.05) is 13.2 Å². The third-order valence-corrected chi connectivity index (χ3v) is 11.6. The predicted octanol–water partition coefficient (Wildman–Crippen LogP) is 17.3. The molecule has 6 nitrogen and oxygen atoms in total. The van der Waals surface area contributed by atoms with Crippen LogP contribution in [-0.2, 0) is 28.6 Å². The summed E-state index contributed by atoms with van der Waals surface area (Å²) in [5.74, 6) is -0.881. The first-order valence-corrected chi connectivity index (χ1v) is 26.5. The SMILES string of the molecule is CCCCC/C=C\C/C=C\CCCCCCCCCC(=O)OC[C@@H](COC(=O)CCCCCCC/C=C\CCCCC)OC(=O)CCCCCCCCCCCCCCCC. The van der Waals surface area contributed by atoms with Crippen LogP contribution in [0.3, 0.4) is 0 Å². The van der Waals surface area contributed by atoms with Gasteiger partial charge in [0, 0.05) is 19.3 Å². The van der Waals surface area contributed by atoms with Crippen molar-refractivity contribution < 1.29 is 28.6 Å². The minimum absolute atomic E-state index is 0.0761. The highest BCUT2D eigenvalue weighted by atomic mass is 16.6. The molecule has 0 saturated carbocycles. The van der Waals surface area contributed by atoms with E-state index in [2.05, 4.69) is 57.2 Å². The van der Waals surface area contributed by atoms with Gasteiger partial charge in [0.25, 0.3) is 0 Å². The van der Waals surface area contributed by atoms with E-state index in [1.54, 1.807) is 0 Å². The highest BCUT2D eigenvalue weighted by molar-refractivity contribution is 5.71. The van der Waals surface area contributed by atoms with Gasteiger partial charge in [-0.15, -0.1) is 0 Å². The first kappa shape index (κ1) is 58.6. The Morgan fingerprint density at radius 2 is 0.590 bits per heavy atom. The second-order valence-corrected chi connectivity index (χ2v) is 17.8. The molecule has 1 atom stereocenters. The topological polar surface area (TPSA) is 78.9 Å². The Kier molecular flexibility index (Phi) is 48.3. The zero-order chi connectivity index (χ0) is 44.4. The fourth-order valence-electron chi connectivity index (χ4n) is 7.59. The largest absolute Gasteiger partial charge is 0.462 e. The van der Waals surface area contributed by atoms with Crippen LogP contribution in [0, 0.1) is 0 Å². The van der Waals surface area contributed by atoms with Crippen molar-refractivity contribution in [2.45, 2.75) is 284 Å². The van der Waals surface area contributed by atoms with E-state index in [0.717, 1.165) is 77.0 Å². The van der Waals surface area contributed by atoms with Gasteiger partial charge in [-0.3, -0.25) is 14.4 Å². The maximum Gasteiger partial charge on any atom is 0.306 e. The van der Waals surface area contributed by atoms with Crippen LogP contribution in [0.15, 0.2) is 36.5 Å². The van der Waals surface area contributed by atoms with Gasteiger partial charge in [-0.25, -0.2) is 0 Å². The molecule has 0 spiro atoms. The molecule has 356 valence electrons. The van der Waals surface area contributed by atoms with Crippen LogP contribution in [0.25, 0.3) is 0 Å². The zero-order valence-corrected chi connectivity index (χ0v) is 40.7. The fourth-order valence-corrected chi connectivity index (χ4v) is 7.59. The first-order chi connectivity index (χ1) is 30.0. The smallest absolute Gasteiger partial charge is 0.306 e. The van der Waals surface area contributed by atoms with Gasteiger partial charge in [0.15, 0.2) is 6.10 Å². The quantitative estimate of drug-likeness (QED) is 0.0262. The lowest BCUT2D eigenvalue weighted by Crippen LogP contribution is -2.30. The summed E-state index contributed by atoms with van der Waals surface area (Å²) in [5.41, 5.74) is 0. The molecule has 0 aliphatic heterocycles. The Morgan fingerprint density at radius 1 is 0.328 bits per heavy atom. The van der Waals surface area contributed by atoms with Gasteiger partial charge in [0.05, 0.1) is 0 Å². The Labute approximate surface area is 378 Å². The number of esters is 3. The van der Waals surface area contributed by atoms with Crippen molar-refractivity contribution in [3.05, 3.63) is 36.5 Å². The van der Waals surface area contributed by atoms with E-state index in [4.69, 9.17) is 14.2 Å². The summed E-state index contributed by atoms with van der Waals surface area (Å²) < 4.78 is 16.8. The summed E-state index contributed by atoms with van der Waals surface area (Å²) in [6.07, 6.45) is 58.3. The van der Waals surface area contributed by atoms with Crippen LogP contribution in [0.5, 0.6) is 0 Å². The van der Waals surface area contributed by atoms with Crippen LogP contribution in [0.2, 0.25) is 0 Å². The normalized spacial score (nSPS) is 12.2. The van der Waals surface area contributed by atoms with Gasteiger partial charge in [0.1, 0.15) is 13.2 Å². The molecule has 6 heteroatoms. The number of carbonyl (C=O) groups is 3. The van der Waals surface area contributed by atoms with E-state index in [1.165, 1.54) is 161 Å². The lowest BCUT2D eigenvalue weighted by Gasteiger charge is -2.18. The molecule has 0 bridgehead atoms. The molecule has 0 aliphatic carbocycles. The molecule has 0 fully saturated rings. The molecule has 0 radical (unpaired) electrons. The van der Waals surface area contributed by atoms with Gasteiger partial charge in [0.2, 0.25) is 0 Å². The van der Waals surface area contributed by atoms with Gasteiger partial charge < -0.3 is 14.2 Å². The molecular weight excluding hydrogens is 757 g/mol. The lowest BCUT2D eigenvalue weighted by atomic mass is 10.0. The van der Waals surface area contributed by atoms with Gasteiger partial charge >= 0.3 is 17.9 Å². The predicted molar refractivity (Wildman–Crippen MR) is 261 cm³/mol. The van der Waals surface area contributed by atoms with Crippen LogP contribution in [0.1, 0.15) is 278 Å². The third-order valence-electron chi connectivity index (χ3n) is 11.6. The maximum atomic E-state index is 12.8. The van der Waals surface area contributed by atoms with Gasteiger partial charge in [-0.1, -0.05) is 218 Å². The average molecular weight is 857 g/mol. The molecule has 61 heavy (non-hydrogen) atoms. The Balaban J connectivity index is 4.35. The van der Waals surface area contributed by atoms with Crippen molar-refractivity contribution in [1.29, 1.82) is 0 Å². The number of hydrogen-bond acceptors (Lipinski definition) is 6. The Morgan fingerprint density at radius 3 is 0.951 bits per heavy atom. The summed E-state index contributed by atoms with van der Waals surface area (Å²) in [6.45, 7) is 6.60. The highest BCUT2D eigenvalue weighted by Crippen LogP contribution is 2.15. The monoisotopic (exact) mass is 857 g/mol. The maximum absolute atomic E-state index is 12.8. The number of rotatable bonds is 48. The minimum Gasteiger partial charge on any atom is -0.462 e. The van der Waals surface area contributed by atoms with Crippen LogP contribution >= 0.6 is 0 Å². The molecule has 0 heterocycles. The summed E-state index contributed by atoms with van der Waals surface area (Å²) in [7, 11) is 0. The zero-order valence-electron chi connectivity index (χ0n) is 40.7. The van der Waals surface area contributed by atoms with Crippen molar-refractivity contribution in [2.24, 2.45) is 0 Å². The van der Waals surface area contributed by atoms with E-state index in [1.807, 2.05) is 0 Å². The lowest BCUT2D eigenvalue weighted by molar-refractivity contribution is -0.167. The average Bonchev–Trinajstić information content (AvgIpc) is 3.26. The Bertz CT molecular complexity index is 1030. The summed E-state index contributed by atoms with van der Waals surface area (Å²) >= 11 is 0. The molecule has 0 N–H and O–H groups in total. The van der Waals surface area contributed by atoms with E-state index in [0.29, 0.717) is 19.3 Å². The summed E-state index contributed by atoms with van der Waals surface area (Å²) in [6, 6.07) is 0. The molecule has 0 aromatic heterocycles. The minimum atomic E-state index is -0.774. The van der Waals surface area contributed by atoms with Crippen LogP contribution in [0.4, 0.5) is 0 Å². The number of carbonyl (C=O) groups excluding carboxylic acids is 3. The van der Waals surface area contributed by atoms with Crippen molar-refractivity contribution in [3.8, 4) is 0 Å². The van der Waals surface area contributed by atoms with Crippen LogP contribution < -0.4 is 0 Å². The molecule has 0 amide bonds. The molecule has 0 unspecified atom stereocenters. The summed E-state index contributed by atoms with van der Waals surface area (Å²) in [4.78, 5) is 38.0. The van der Waals surface area contributed by atoms with Gasteiger partial charge in [-0.2, -0.15) is 0 Å². The molecule has 0 saturated heterocycles. The number of ether oxygens (including phenoxy) is 3. The van der Waals surface area contributed by atoms with E-state index in [-0.39, 0.29) is 31.1 Å². The number of unbranched alkanes of at least 4 members (excludes halogenated alkanes) is 31. The number of hydrogen-bond donors (Lipinski definition) is 0. The van der Waals surface area contributed by atoms with Crippen molar-refractivity contribution >= 4 is 17.9 Å². The molecule has 0 aromatic rings. The fraction of sp³-hybridized carbons (Fsp3) is 0.836. The second-order valence-electron chi connectivity index (χ2n) is 17.8. The molecule has 0 aliphatic rings. The third kappa shape index (κ3) is 48.5. The van der Waals surface area contributed by atoms with Gasteiger partial charge in [-0.05, 0) is 77.0 Å². The molecule has 0 aromatic carbocycles. The molecular formula is C55H100O6. The summed E-state index contributed by atoms with van der Waals surface area (Å²) in [5, 5.41) is 0. The Hall–Kier alpha value is -2.37. The molecule has 0 rings (SSSR count). The second kappa shape index (κ2) is 50.3.